The van der Waals surface area contributed by atoms with Crippen LogP contribution in [-0.2, 0) is 0 Å². The van der Waals surface area contributed by atoms with Gasteiger partial charge in [0.15, 0.2) is 0 Å². The number of fused-ring (bicyclic) bond motifs is 1. The molecule has 0 amide bonds. The minimum absolute atomic E-state index is 0.738. The van der Waals surface area contributed by atoms with Crippen molar-refractivity contribution in [3.63, 3.8) is 0 Å². The van der Waals surface area contributed by atoms with E-state index < -0.39 is 0 Å². The van der Waals surface area contributed by atoms with Crippen molar-refractivity contribution >= 4 is 0 Å². The highest BCUT2D eigenvalue weighted by Crippen LogP contribution is 2.56. The van der Waals surface area contributed by atoms with Gasteiger partial charge in [-0.2, -0.15) is 0 Å². The molecule has 0 aromatic rings. The average molecular weight is 150 g/mol. The number of hydrogen-bond donors (Lipinski definition) is 0. The molecule has 0 aromatic carbocycles. The van der Waals surface area contributed by atoms with Gasteiger partial charge in [-0.05, 0) is 43.4 Å². The summed E-state index contributed by atoms with van der Waals surface area (Å²) in [7, 11) is 0. The van der Waals surface area contributed by atoms with Crippen molar-refractivity contribution in [1.29, 1.82) is 0 Å². The van der Waals surface area contributed by atoms with Crippen molar-refractivity contribution in [3.8, 4) is 0 Å². The minimum atomic E-state index is 0.738. The van der Waals surface area contributed by atoms with Crippen LogP contribution in [0.25, 0.3) is 0 Å². The van der Waals surface area contributed by atoms with Crippen LogP contribution in [0.1, 0.15) is 44.9 Å². The minimum Gasteiger partial charge on any atom is -0.103 e. The van der Waals surface area contributed by atoms with Crippen LogP contribution in [0.2, 0.25) is 0 Å². The van der Waals surface area contributed by atoms with E-state index in [9.17, 15) is 0 Å². The summed E-state index contributed by atoms with van der Waals surface area (Å²) < 4.78 is 0. The first-order valence-electron chi connectivity index (χ1n) is 4.98. The number of rotatable bonds is 2. The van der Waals surface area contributed by atoms with Gasteiger partial charge in [0.25, 0.3) is 0 Å². The number of allylic oxidation sites excluding steroid dienone is 1. The lowest BCUT2D eigenvalue weighted by Gasteiger charge is -2.27. The van der Waals surface area contributed by atoms with Crippen molar-refractivity contribution in [2.75, 3.05) is 0 Å². The van der Waals surface area contributed by atoms with Crippen molar-refractivity contribution in [2.24, 2.45) is 11.3 Å². The fourth-order valence-electron chi connectivity index (χ4n) is 3.35. The Hall–Kier alpha value is -0.260. The van der Waals surface area contributed by atoms with Crippen LogP contribution in [0.15, 0.2) is 12.7 Å². The van der Waals surface area contributed by atoms with Gasteiger partial charge in [-0.25, -0.2) is 0 Å². The smallest absolute Gasteiger partial charge is 0.0235 e. The zero-order valence-electron chi connectivity index (χ0n) is 7.31. The first-order valence-corrected chi connectivity index (χ1v) is 4.98. The van der Waals surface area contributed by atoms with Crippen LogP contribution >= 0.6 is 0 Å². The normalized spacial score (nSPS) is 42.4. The molecule has 2 aliphatic rings. The van der Waals surface area contributed by atoms with Gasteiger partial charge in [-0.3, -0.25) is 0 Å². The first kappa shape index (κ1) is 7.39. The molecule has 2 fully saturated rings. The van der Waals surface area contributed by atoms with Crippen LogP contribution in [0.3, 0.4) is 0 Å². The molecular formula is C11H18. The fourth-order valence-corrected chi connectivity index (χ4v) is 3.35. The van der Waals surface area contributed by atoms with E-state index >= 15 is 0 Å². The molecule has 0 N–H and O–H groups in total. The third-order valence-electron chi connectivity index (χ3n) is 3.87. The predicted octanol–water partition coefficient (Wildman–Crippen LogP) is 3.53. The summed E-state index contributed by atoms with van der Waals surface area (Å²) in [5.41, 5.74) is 0.738. The van der Waals surface area contributed by atoms with Gasteiger partial charge in [-0.1, -0.05) is 18.9 Å². The summed E-state index contributed by atoms with van der Waals surface area (Å²) in [6, 6.07) is 0. The molecule has 0 nitrogen and oxygen atoms in total. The van der Waals surface area contributed by atoms with Gasteiger partial charge in [0.2, 0.25) is 0 Å². The summed E-state index contributed by atoms with van der Waals surface area (Å²) >= 11 is 0. The molecule has 62 valence electrons. The molecule has 11 heavy (non-hydrogen) atoms. The third kappa shape index (κ3) is 1.04. The second-order valence-electron chi connectivity index (χ2n) is 4.34. The van der Waals surface area contributed by atoms with E-state index in [1.165, 1.54) is 44.9 Å². The van der Waals surface area contributed by atoms with E-state index in [0.717, 1.165) is 11.3 Å². The lowest BCUT2D eigenvalue weighted by atomic mass is 9.77. The lowest BCUT2D eigenvalue weighted by molar-refractivity contribution is 0.246. The summed E-state index contributed by atoms with van der Waals surface area (Å²) in [6.45, 7) is 3.88. The van der Waals surface area contributed by atoms with E-state index in [4.69, 9.17) is 0 Å². The molecule has 2 saturated carbocycles. The van der Waals surface area contributed by atoms with E-state index in [1.807, 2.05) is 0 Å². The monoisotopic (exact) mass is 150 g/mol. The second-order valence-corrected chi connectivity index (χ2v) is 4.34. The maximum atomic E-state index is 3.88. The molecule has 0 radical (unpaired) electrons. The summed E-state index contributed by atoms with van der Waals surface area (Å²) in [4.78, 5) is 0. The topological polar surface area (TPSA) is 0 Å². The van der Waals surface area contributed by atoms with Crippen LogP contribution in [-0.4, -0.2) is 0 Å². The molecule has 0 atom stereocenters. The Morgan fingerprint density at radius 2 is 1.91 bits per heavy atom. The van der Waals surface area contributed by atoms with E-state index in [0.29, 0.717) is 0 Å². The molecule has 0 aliphatic heterocycles. The van der Waals surface area contributed by atoms with Crippen LogP contribution in [0.5, 0.6) is 0 Å². The van der Waals surface area contributed by atoms with Crippen LogP contribution < -0.4 is 0 Å². The van der Waals surface area contributed by atoms with E-state index in [1.54, 1.807) is 0 Å². The van der Waals surface area contributed by atoms with Gasteiger partial charge in [0, 0.05) is 0 Å². The molecule has 0 spiro atoms. The van der Waals surface area contributed by atoms with Gasteiger partial charge in [-0.15, -0.1) is 6.58 Å². The maximum absolute atomic E-state index is 3.88. The van der Waals surface area contributed by atoms with Crippen LogP contribution in [0, 0.1) is 11.3 Å². The number of hydrogen-bond acceptors (Lipinski definition) is 0. The Kier molecular flexibility index (Phi) is 1.78. The average Bonchev–Trinajstić information content (AvgIpc) is 2.45. The Morgan fingerprint density at radius 1 is 1.27 bits per heavy atom. The molecule has 2 rings (SSSR count). The molecule has 2 aliphatic carbocycles. The molecule has 0 aromatic heterocycles. The molecule has 0 saturated heterocycles. The fraction of sp³-hybridized carbons (Fsp3) is 0.818. The standard InChI is InChI=1S/C11H18/c1-2-7-11-8-3-5-10(11)6-4-9-11/h2,10H,1,3-9H2. The first-order chi connectivity index (χ1) is 5.37. The highest BCUT2D eigenvalue weighted by Gasteiger charge is 2.44. The molecule has 0 heteroatoms. The summed E-state index contributed by atoms with van der Waals surface area (Å²) in [5, 5.41) is 0. The van der Waals surface area contributed by atoms with E-state index in [-0.39, 0.29) is 0 Å². The zero-order chi connectivity index (χ0) is 7.73. The van der Waals surface area contributed by atoms with E-state index in [2.05, 4.69) is 12.7 Å². The van der Waals surface area contributed by atoms with Crippen molar-refractivity contribution < 1.29 is 0 Å². The second kappa shape index (κ2) is 2.66. The maximum Gasteiger partial charge on any atom is -0.0235 e. The molecular weight excluding hydrogens is 132 g/mol. The Balaban J connectivity index is 2.13. The van der Waals surface area contributed by atoms with Crippen molar-refractivity contribution in [3.05, 3.63) is 12.7 Å². The Labute approximate surface area is 69.7 Å². The van der Waals surface area contributed by atoms with Gasteiger partial charge in [0.05, 0.1) is 0 Å². The predicted molar refractivity (Wildman–Crippen MR) is 48.4 cm³/mol. The zero-order valence-corrected chi connectivity index (χ0v) is 7.31. The Bertz CT molecular complexity index is 147. The van der Waals surface area contributed by atoms with Gasteiger partial charge in [0.1, 0.15) is 0 Å². The third-order valence-corrected chi connectivity index (χ3v) is 3.87. The van der Waals surface area contributed by atoms with Gasteiger partial charge >= 0.3 is 0 Å². The lowest BCUT2D eigenvalue weighted by Crippen LogP contribution is -2.18. The van der Waals surface area contributed by atoms with Gasteiger partial charge < -0.3 is 0 Å². The van der Waals surface area contributed by atoms with Crippen LogP contribution in [0.4, 0.5) is 0 Å². The molecule has 0 bridgehead atoms. The van der Waals surface area contributed by atoms with Crippen molar-refractivity contribution in [2.45, 2.75) is 44.9 Å². The largest absolute Gasteiger partial charge is 0.103 e. The highest BCUT2D eigenvalue weighted by molar-refractivity contribution is 4.99. The SMILES string of the molecule is C=CCC12CCCC1CCC2. The summed E-state index contributed by atoms with van der Waals surface area (Å²) in [5.74, 6) is 1.07. The highest BCUT2D eigenvalue weighted by atomic mass is 14.5. The Morgan fingerprint density at radius 3 is 2.45 bits per heavy atom. The molecule has 0 unspecified atom stereocenters. The quantitative estimate of drug-likeness (QED) is 0.528. The molecule has 0 heterocycles. The summed E-state index contributed by atoms with van der Waals surface area (Å²) in [6.07, 6.45) is 12.4. The van der Waals surface area contributed by atoms with Crippen molar-refractivity contribution in [1.82, 2.24) is 0 Å².